The van der Waals surface area contributed by atoms with E-state index in [0.717, 1.165) is 68.9 Å². The first-order chi connectivity index (χ1) is 14.2. The maximum absolute atomic E-state index is 10.6. The van der Waals surface area contributed by atoms with Gasteiger partial charge >= 0.3 is 5.97 Å². The second-order valence-electron chi connectivity index (χ2n) is 6.96. The summed E-state index contributed by atoms with van der Waals surface area (Å²) in [6, 6.07) is 16.6. The molecule has 0 atom stereocenters. The van der Waals surface area contributed by atoms with Crippen molar-refractivity contribution in [1.82, 2.24) is 0 Å². The van der Waals surface area contributed by atoms with Crippen molar-refractivity contribution in [3.8, 4) is 0 Å². The first-order valence-corrected chi connectivity index (χ1v) is 10.2. The minimum absolute atomic E-state index is 0.226. The molecule has 0 unspecified atom stereocenters. The van der Waals surface area contributed by atoms with E-state index in [4.69, 9.17) is 10.4 Å². The monoisotopic (exact) mass is 411 g/mol. The van der Waals surface area contributed by atoms with Gasteiger partial charge in [0, 0.05) is 28.9 Å². The minimum atomic E-state index is -0.738. The van der Waals surface area contributed by atoms with Crippen LogP contribution >= 0.6 is 12.0 Å². The van der Waals surface area contributed by atoms with Gasteiger partial charge in [-0.2, -0.15) is 0 Å². The molecule has 4 rings (SSSR count). The minimum Gasteiger partial charge on any atom is -0.481 e. The van der Waals surface area contributed by atoms with Crippen molar-refractivity contribution in [2.24, 2.45) is 0 Å². The Balaban J connectivity index is 1.65. The van der Waals surface area contributed by atoms with Crippen LogP contribution in [0.1, 0.15) is 25.7 Å². The number of carboxylic acids is 1. The average molecular weight is 411 g/mol. The standard InChI is InChI=1S/C22H21NO5S/c24-20(25)4-2-1-3-13-23-18-11-7-14-6-10-17-19(29-28-27-26)12-8-15-5-9-16(18)21(14)22(15)17/h5-12,23,26H,1-4,13H2,(H,24,25). The van der Waals surface area contributed by atoms with E-state index < -0.39 is 5.97 Å². The Morgan fingerprint density at radius 2 is 1.59 bits per heavy atom. The van der Waals surface area contributed by atoms with E-state index >= 15 is 0 Å². The molecule has 4 aromatic carbocycles. The zero-order valence-corrected chi connectivity index (χ0v) is 16.5. The highest BCUT2D eigenvalue weighted by atomic mass is 32.2. The molecule has 29 heavy (non-hydrogen) atoms. The summed E-state index contributed by atoms with van der Waals surface area (Å²) in [6.45, 7) is 0.798. The number of rotatable bonds is 10. The zero-order valence-electron chi connectivity index (χ0n) is 15.7. The van der Waals surface area contributed by atoms with Crippen molar-refractivity contribution in [1.29, 1.82) is 0 Å². The van der Waals surface area contributed by atoms with Gasteiger partial charge in [0.1, 0.15) is 0 Å². The molecular formula is C22H21NO5S. The number of hydrogen-bond donors (Lipinski definition) is 3. The summed E-state index contributed by atoms with van der Waals surface area (Å²) in [5, 5.41) is 31.3. The molecule has 0 amide bonds. The summed E-state index contributed by atoms with van der Waals surface area (Å²) >= 11 is 0.971. The summed E-state index contributed by atoms with van der Waals surface area (Å²) in [5.74, 6) is -0.738. The molecule has 0 spiro atoms. The highest BCUT2D eigenvalue weighted by Crippen LogP contribution is 2.41. The number of aliphatic carboxylic acids is 1. The third-order valence-electron chi connectivity index (χ3n) is 5.16. The van der Waals surface area contributed by atoms with E-state index in [0.29, 0.717) is 6.42 Å². The van der Waals surface area contributed by atoms with Gasteiger partial charge in [0.15, 0.2) is 0 Å². The first kappa shape index (κ1) is 19.7. The fourth-order valence-corrected chi connectivity index (χ4v) is 4.34. The van der Waals surface area contributed by atoms with Gasteiger partial charge in [-0.1, -0.05) is 47.9 Å². The van der Waals surface area contributed by atoms with Crippen LogP contribution in [-0.4, -0.2) is 22.9 Å². The number of carboxylic acid groups (broad SMARTS) is 1. The number of unbranched alkanes of at least 4 members (excludes halogenated alkanes) is 2. The van der Waals surface area contributed by atoms with E-state index in [1.165, 1.54) is 5.39 Å². The van der Waals surface area contributed by atoms with Crippen LogP contribution in [0.25, 0.3) is 32.3 Å². The second kappa shape index (κ2) is 8.84. The summed E-state index contributed by atoms with van der Waals surface area (Å²) in [6.07, 6.45) is 2.74. The molecule has 0 heterocycles. The highest BCUT2D eigenvalue weighted by molar-refractivity contribution is 7.94. The van der Waals surface area contributed by atoms with E-state index in [-0.39, 0.29) is 6.42 Å². The van der Waals surface area contributed by atoms with Crippen molar-refractivity contribution in [2.45, 2.75) is 30.6 Å². The maximum atomic E-state index is 10.6. The van der Waals surface area contributed by atoms with Gasteiger partial charge in [0.05, 0.1) is 12.0 Å². The van der Waals surface area contributed by atoms with Gasteiger partial charge in [-0.25, -0.2) is 5.26 Å². The van der Waals surface area contributed by atoms with Crippen molar-refractivity contribution >= 4 is 56.0 Å². The molecule has 0 aliphatic carbocycles. The first-order valence-electron chi connectivity index (χ1n) is 9.50. The van der Waals surface area contributed by atoms with Crippen LogP contribution in [0.15, 0.2) is 53.4 Å². The zero-order chi connectivity index (χ0) is 20.2. The summed E-state index contributed by atoms with van der Waals surface area (Å²) in [5.41, 5.74) is 1.07. The Morgan fingerprint density at radius 1 is 0.897 bits per heavy atom. The van der Waals surface area contributed by atoms with E-state index in [1.807, 2.05) is 12.1 Å². The fraction of sp³-hybridized carbons (Fsp3) is 0.227. The summed E-state index contributed by atoms with van der Waals surface area (Å²) in [4.78, 5) is 11.5. The van der Waals surface area contributed by atoms with Crippen LogP contribution in [-0.2, 0) is 14.2 Å². The predicted octanol–water partition coefficient (Wildman–Crippen LogP) is 6.07. The number of hydrogen-bond acceptors (Lipinski definition) is 6. The molecule has 150 valence electrons. The number of benzene rings is 4. The quantitative estimate of drug-likeness (QED) is 0.0959. The Hall–Kier alpha value is -2.58. The Labute approximate surface area is 171 Å². The van der Waals surface area contributed by atoms with Crippen LogP contribution in [0.3, 0.4) is 0 Å². The van der Waals surface area contributed by atoms with Crippen LogP contribution in [0.4, 0.5) is 5.69 Å². The van der Waals surface area contributed by atoms with Crippen LogP contribution in [0, 0.1) is 0 Å². The largest absolute Gasteiger partial charge is 0.481 e. The van der Waals surface area contributed by atoms with Gasteiger partial charge in [-0.3, -0.25) is 4.79 Å². The molecule has 4 aromatic rings. The van der Waals surface area contributed by atoms with Crippen molar-refractivity contribution in [3.05, 3.63) is 48.5 Å². The van der Waals surface area contributed by atoms with Crippen LogP contribution in [0.5, 0.6) is 0 Å². The molecule has 0 aromatic heterocycles. The molecule has 3 N–H and O–H groups in total. The molecular weight excluding hydrogens is 390 g/mol. The third kappa shape index (κ3) is 4.09. The fourth-order valence-electron chi connectivity index (χ4n) is 3.85. The van der Waals surface area contributed by atoms with Gasteiger partial charge in [-0.15, -0.1) is 4.33 Å². The number of nitrogens with one attached hydrogen (secondary N) is 1. The van der Waals surface area contributed by atoms with Gasteiger partial charge in [-0.05, 0) is 51.9 Å². The van der Waals surface area contributed by atoms with Crippen LogP contribution < -0.4 is 5.32 Å². The lowest BCUT2D eigenvalue weighted by Crippen LogP contribution is -2.03. The molecule has 0 fully saturated rings. The second-order valence-corrected chi connectivity index (χ2v) is 7.70. The number of carbonyl (C=O) groups is 1. The molecule has 7 heteroatoms. The lowest BCUT2D eigenvalue weighted by atomic mass is 9.93. The third-order valence-corrected chi connectivity index (χ3v) is 5.83. The SMILES string of the molecule is O=C(O)CCCCCNc1ccc2ccc3c(SOOO)ccc4ccc1c2c43. The Bertz CT molecular complexity index is 1150. The molecule has 0 aliphatic heterocycles. The normalized spacial score (nSPS) is 11.6. The van der Waals surface area contributed by atoms with Gasteiger partial charge in [0.2, 0.25) is 0 Å². The van der Waals surface area contributed by atoms with Crippen LogP contribution in [0.2, 0.25) is 0 Å². The Morgan fingerprint density at radius 3 is 2.34 bits per heavy atom. The molecule has 0 aliphatic rings. The van der Waals surface area contributed by atoms with E-state index in [2.05, 4.69) is 51.1 Å². The highest BCUT2D eigenvalue weighted by Gasteiger charge is 2.13. The van der Waals surface area contributed by atoms with E-state index in [9.17, 15) is 4.79 Å². The number of anilines is 1. The van der Waals surface area contributed by atoms with Gasteiger partial charge in [0.25, 0.3) is 0 Å². The molecule has 0 saturated heterocycles. The van der Waals surface area contributed by atoms with Gasteiger partial charge < -0.3 is 10.4 Å². The molecule has 0 bridgehead atoms. The molecule has 0 radical (unpaired) electrons. The van der Waals surface area contributed by atoms with Crippen molar-refractivity contribution in [3.63, 3.8) is 0 Å². The average Bonchev–Trinajstić information content (AvgIpc) is 2.73. The predicted molar refractivity (Wildman–Crippen MR) is 115 cm³/mol. The molecule has 0 saturated carbocycles. The molecule has 6 nitrogen and oxygen atoms in total. The summed E-state index contributed by atoms with van der Waals surface area (Å²) < 4.78 is 4.66. The topological polar surface area (TPSA) is 88.0 Å². The maximum Gasteiger partial charge on any atom is 0.303 e. The van der Waals surface area contributed by atoms with E-state index in [1.54, 1.807) is 0 Å². The Kier molecular flexibility index (Phi) is 6.01. The lowest BCUT2D eigenvalue weighted by Gasteiger charge is -2.16. The van der Waals surface area contributed by atoms with Crippen molar-refractivity contribution < 1.29 is 24.5 Å². The lowest BCUT2D eigenvalue weighted by molar-refractivity contribution is -0.432. The summed E-state index contributed by atoms with van der Waals surface area (Å²) in [7, 11) is 0. The smallest absolute Gasteiger partial charge is 0.303 e. The van der Waals surface area contributed by atoms with Crippen molar-refractivity contribution in [2.75, 3.05) is 11.9 Å².